The van der Waals surface area contributed by atoms with Crippen LogP contribution in [0.2, 0.25) is 0 Å². The second kappa shape index (κ2) is 6.45. The highest BCUT2D eigenvalue weighted by Gasteiger charge is 2.28. The Balaban J connectivity index is 1.91. The molecule has 6 nitrogen and oxygen atoms in total. The molecular formula is C14H20N2O4. The zero-order valence-electron chi connectivity index (χ0n) is 11.8. The Kier molecular flexibility index (Phi) is 4.65. The number of hydrogen-bond donors (Lipinski definition) is 1. The van der Waals surface area contributed by atoms with Crippen LogP contribution in [0.15, 0.2) is 12.3 Å². The van der Waals surface area contributed by atoms with Crippen molar-refractivity contribution in [1.82, 2.24) is 4.98 Å². The van der Waals surface area contributed by atoms with Gasteiger partial charge in [0.1, 0.15) is 11.9 Å². The molecule has 2 rings (SSSR count). The van der Waals surface area contributed by atoms with Gasteiger partial charge in [-0.3, -0.25) is 4.79 Å². The maximum absolute atomic E-state index is 11.4. The Bertz CT molecular complexity index is 470. The summed E-state index contributed by atoms with van der Waals surface area (Å²) in [4.78, 5) is 15.6. The Labute approximate surface area is 118 Å². The molecule has 1 fully saturated rings. The van der Waals surface area contributed by atoms with Gasteiger partial charge < -0.3 is 19.9 Å². The van der Waals surface area contributed by atoms with Gasteiger partial charge in [0.15, 0.2) is 0 Å². The monoisotopic (exact) mass is 280 g/mol. The molecule has 1 aromatic heterocycles. The lowest BCUT2D eigenvalue weighted by Gasteiger charge is -2.27. The minimum Gasteiger partial charge on any atom is -0.494 e. The standard InChI is InChI=1S/C14H20N2O4/c1-18-12-7-13(16-8-11(12)15)20-10-5-3-9(4-6-10)14(17)19-2/h7-10H,3-6,15H2,1-2H3/t9-,10-. The highest BCUT2D eigenvalue weighted by atomic mass is 16.5. The van der Waals surface area contributed by atoms with Crippen LogP contribution in [0.25, 0.3) is 0 Å². The van der Waals surface area contributed by atoms with E-state index in [1.807, 2.05) is 0 Å². The van der Waals surface area contributed by atoms with Crippen molar-refractivity contribution < 1.29 is 19.0 Å². The first kappa shape index (κ1) is 14.4. The van der Waals surface area contributed by atoms with Gasteiger partial charge in [0.2, 0.25) is 5.88 Å². The molecule has 0 spiro atoms. The van der Waals surface area contributed by atoms with Crippen LogP contribution in [0.5, 0.6) is 11.6 Å². The van der Waals surface area contributed by atoms with Gasteiger partial charge in [-0.15, -0.1) is 0 Å². The van der Waals surface area contributed by atoms with Gasteiger partial charge in [0.25, 0.3) is 0 Å². The van der Waals surface area contributed by atoms with Gasteiger partial charge in [-0.1, -0.05) is 0 Å². The molecule has 1 aromatic rings. The summed E-state index contributed by atoms with van der Waals surface area (Å²) in [6.45, 7) is 0. The molecule has 110 valence electrons. The van der Waals surface area contributed by atoms with Crippen molar-refractivity contribution >= 4 is 11.7 Å². The number of nitrogens with two attached hydrogens (primary N) is 1. The van der Waals surface area contributed by atoms with E-state index in [1.165, 1.54) is 13.3 Å². The molecule has 1 saturated carbocycles. The van der Waals surface area contributed by atoms with Crippen LogP contribution in [0, 0.1) is 5.92 Å². The van der Waals surface area contributed by atoms with E-state index < -0.39 is 0 Å². The summed E-state index contributed by atoms with van der Waals surface area (Å²) in [5, 5.41) is 0. The summed E-state index contributed by atoms with van der Waals surface area (Å²) in [5.41, 5.74) is 6.19. The lowest BCUT2D eigenvalue weighted by Crippen LogP contribution is -2.28. The van der Waals surface area contributed by atoms with E-state index in [0.29, 0.717) is 17.3 Å². The number of esters is 1. The molecule has 0 aromatic carbocycles. The molecular weight excluding hydrogens is 260 g/mol. The third-order valence-corrected chi connectivity index (χ3v) is 3.59. The normalized spacial score (nSPS) is 22.1. The van der Waals surface area contributed by atoms with Crippen LogP contribution in [0.4, 0.5) is 5.69 Å². The van der Waals surface area contributed by atoms with Crippen molar-refractivity contribution in [1.29, 1.82) is 0 Å². The quantitative estimate of drug-likeness (QED) is 0.846. The molecule has 0 aliphatic heterocycles. The smallest absolute Gasteiger partial charge is 0.308 e. The molecule has 1 aliphatic rings. The van der Waals surface area contributed by atoms with E-state index in [2.05, 4.69) is 4.98 Å². The highest BCUT2D eigenvalue weighted by molar-refractivity contribution is 5.72. The first-order valence-corrected chi connectivity index (χ1v) is 6.68. The average Bonchev–Trinajstić information content (AvgIpc) is 2.49. The predicted molar refractivity (Wildman–Crippen MR) is 73.6 cm³/mol. The van der Waals surface area contributed by atoms with Gasteiger partial charge in [-0.25, -0.2) is 4.98 Å². The van der Waals surface area contributed by atoms with Crippen molar-refractivity contribution in [2.45, 2.75) is 31.8 Å². The zero-order chi connectivity index (χ0) is 14.5. The van der Waals surface area contributed by atoms with Crippen molar-refractivity contribution in [3.63, 3.8) is 0 Å². The minimum absolute atomic E-state index is 0.00577. The summed E-state index contributed by atoms with van der Waals surface area (Å²) in [6.07, 6.45) is 4.78. The van der Waals surface area contributed by atoms with Crippen LogP contribution in [-0.2, 0) is 9.53 Å². The Hall–Kier alpha value is -1.98. The maximum Gasteiger partial charge on any atom is 0.308 e. The fourth-order valence-corrected chi connectivity index (χ4v) is 2.42. The van der Waals surface area contributed by atoms with Gasteiger partial charge in [-0.2, -0.15) is 0 Å². The molecule has 0 bridgehead atoms. The lowest BCUT2D eigenvalue weighted by atomic mass is 9.87. The Morgan fingerprint density at radius 2 is 2.00 bits per heavy atom. The van der Waals surface area contributed by atoms with Crippen molar-refractivity contribution in [2.24, 2.45) is 5.92 Å². The number of methoxy groups -OCH3 is 2. The fourth-order valence-electron chi connectivity index (χ4n) is 2.42. The summed E-state index contributed by atoms with van der Waals surface area (Å²) in [6, 6.07) is 1.68. The number of hydrogen-bond acceptors (Lipinski definition) is 6. The molecule has 2 N–H and O–H groups in total. The molecule has 20 heavy (non-hydrogen) atoms. The van der Waals surface area contributed by atoms with Crippen molar-refractivity contribution in [3.8, 4) is 11.6 Å². The number of carbonyl (C=O) groups excluding carboxylic acids is 1. The van der Waals surface area contributed by atoms with Crippen LogP contribution < -0.4 is 15.2 Å². The number of rotatable bonds is 4. The number of carbonyl (C=O) groups is 1. The van der Waals surface area contributed by atoms with Crippen molar-refractivity contribution in [2.75, 3.05) is 20.0 Å². The van der Waals surface area contributed by atoms with E-state index >= 15 is 0 Å². The minimum atomic E-state index is -0.129. The van der Waals surface area contributed by atoms with Crippen LogP contribution >= 0.6 is 0 Å². The van der Waals surface area contributed by atoms with Crippen LogP contribution in [0.3, 0.4) is 0 Å². The topological polar surface area (TPSA) is 83.7 Å². The number of nitrogens with zero attached hydrogens (tertiary/aromatic N) is 1. The molecule has 1 heterocycles. The van der Waals surface area contributed by atoms with Crippen LogP contribution in [0.1, 0.15) is 25.7 Å². The second-order valence-electron chi connectivity index (χ2n) is 4.88. The SMILES string of the molecule is COc1cc(O[C@H]2CC[C@H](C(=O)OC)CC2)ncc1N. The summed E-state index contributed by atoms with van der Waals surface area (Å²) in [5.74, 6) is 0.917. The predicted octanol–water partition coefficient (Wildman–Crippen LogP) is 1.78. The van der Waals surface area contributed by atoms with Gasteiger partial charge >= 0.3 is 5.97 Å². The number of anilines is 1. The van der Waals surface area contributed by atoms with E-state index in [-0.39, 0.29) is 18.0 Å². The summed E-state index contributed by atoms with van der Waals surface area (Å²) in [7, 11) is 2.98. The highest BCUT2D eigenvalue weighted by Crippen LogP contribution is 2.30. The molecule has 0 saturated heterocycles. The van der Waals surface area contributed by atoms with Gasteiger partial charge in [-0.05, 0) is 25.7 Å². The second-order valence-corrected chi connectivity index (χ2v) is 4.88. The number of ether oxygens (including phenoxy) is 3. The number of aromatic nitrogens is 1. The maximum atomic E-state index is 11.4. The van der Waals surface area contributed by atoms with Crippen LogP contribution in [-0.4, -0.2) is 31.3 Å². The summed E-state index contributed by atoms with van der Waals surface area (Å²) >= 11 is 0. The average molecular weight is 280 g/mol. The first-order chi connectivity index (χ1) is 9.63. The van der Waals surface area contributed by atoms with E-state index in [4.69, 9.17) is 19.9 Å². The van der Waals surface area contributed by atoms with E-state index in [1.54, 1.807) is 13.2 Å². The lowest BCUT2D eigenvalue weighted by molar-refractivity contribution is -0.147. The molecule has 1 aliphatic carbocycles. The third kappa shape index (κ3) is 3.31. The van der Waals surface area contributed by atoms with Gasteiger partial charge in [0, 0.05) is 6.07 Å². The molecule has 6 heteroatoms. The molecule has 0 radical (unpaired) electrons. The largest absolute Gasteiger partial charge is 0.494 e. The first-order valence-electron chi connectivity index (χ1n) is 6.68. The van der Waals surface area contributed by atoms with E-state index in [9.17, 15) is 4.79 Å². The van der Waals surface area contributed by atoms with E-state index in [0.717, 1.165) is 25.7 Å². The van der Waals surface area contributed by atoms with Gasteiger partial charge in [0.05, 0.1) is 32.0 Å². The Morgan fingerprint density at radius 3 is 2.60 bits per heavy atom. The fraction of sp³-hybridized carbons (Fsp3) is 0.571. The summed E-state index contributed by atoms with van der Waals surface area (Å²) < 4.78 is 15.7. The molecule has 0 atom stereocenters. The molecule has 0 amide bonds. The Morgan fingerprint density at radius 1 is 1.30 bits per heavy atom. The zero-order valence-corrected chi connectivity index (χ0v) is 11.8. The third-order valence-electron chi connectivity index (χ3n) is 3.59. The van der Waals surface area contributed by atoms with Crippen molar-refractivity contribution in [3.05, 3.63) is 12.3 Å². The number of nitrogen functional groups attached to an aromatic ring is 1. The molecule has 0 unspecified atom stereocenters. The number of pyridine rings is 1.